The summed E-state index contributed by atoms with van der Waals surface area (Å²) in [6.45, 7) is 6.33. The van der Waals surface area contributed by atoms with Crippen LogP contribution in [-0.4, -0.2) is 23.4 Å². The molecule has 3 rings (SSSR count). The van der Waals surface area contributed by atoms with Crippen molar-refractivity contribution in [3.05, 3.63) is 82.0 Å². The summed E-state index contributed by atoms with van der Waals surface area (Å²) < 4.78 is 0. The van der Waals surface area contributed by atoms with Crippen molar-refractivity contribution in [2.24, 2.45) is 0 Å². The van der Waals surface area contributed by atoms with Crippen LogP contribution in [-0.2, 0) is 10.5 Å². The van der Waals surface area contributed by atoms with Gasteiger partial charge in [-0.2, -0.15) is 0 Å². The van der Waals surface area contributed by atoms with Gasteiger partial charge in [-0.1, -0.05) is 61.8 Å². The van der Waals surface area contributed by atoms with Gasteiger partial charge in [0.15, 0.2) is 0 Å². The molecule has 0 aliphatic heterocycles. The smallest absolute Gasteiger partial charge is 0.242 e. The van der Waals surface area contributed by atoms with Crippen LogP contribution in [0.4, 0.5) is 5.69 Å². The zero-order valence-corrected chi connectivity index (χ0v) is 22.7. The Labute approximate surface area is 214 Å². The van der Waals surface area contributed by atoms with Crippen LogP contribution in [0, 0.1) is 6.92 Å². The summed E-state index contributed by atoms with van der Waals surface area (Å²) in [5.41, 5.74) is 5.12. The van der Waals surface area contributed by atoms with E-state index in [4.69, 9.17) is 11.6 Å². The maximum atomic E-state index is 13.6. The molecule has 0 bridgehead atoms. The number of hydrogen-bond acceptors (Lipinski definition) is 5. The van der Waals surface area contributed by atoms with Crippen molar-refractivity contribution in [2.75, 3.05) is 17.8 Å². The number of nitrogens with one attached hydrogen (secondary N) is 1. The minimum Gasteiger partial charge on any atom is -0.322 e. The molecule has 2 aromatic carbocycles. The number of carbonyl (C=O) groups is 1. The molecule has 1 unspecified atom stereocenters. The normalized spacial score (nSPS) is 12.1. The van der Waals surface area contributed by atoms with Gasteiger partial charge >= 0.3 is 0 Å². The van der Waals surface area contributed by atoms with E-state index < -0.39 is 0 Å². The number of halogens is 1. The van der Waals surface area contributed by atoms with Crippen molar-refractivity contribution in [1.29, 1.82) is 0 Å². The van der Waals surface area contributed by atoms with E-state index in [1.54, 1.807) is 35.3 Å². The van der Waals surface area contributed by atoms with E-state index in [-0.39, 0.29) is 11.2 Å². The molecule has 7 heteroatoms. The Hall–Kier alpha value is -1.60. The molecule has 1 heterocycles. The average molecular weight is 517 g/mol. The highest BCUT2D eigenvalue weighted by atomic mass is 35.5. The third-order valence-electron chi connectivity index (χ3n) is 5.21. The van der Waals surface area contributed by atoms with Gasteiger partial charge in [0.25, 0.3) is 0 Å². The van der Waals surface area contributed by atoms with Gasteiger partial charge in [0.2, 0.25) is 5.91 Å². The molecule has 1 aromatic heterocycles. The van der Waals surface area contributed by atoms with E-state index in [2.05, 4.69) is 48.4 Å². The molecule has 174 valence electrons. The van der Waals surface area contributed by atoms with Crippen LogP contribution in [0.2, 0.25) is 5.02 Å². The van der Waals surface area contributed by atoms with E-state index in [0.717, 1.165) is 32.4 Å². The number of aryl methyl sites for hydroxylation is 1. The number of nitrogens with zero attached hydrogens (tertiary/aromatic N) is 1. The van der Waals surface area contributed by atoms with Gasteiger partial charge in [0.1, 0.15) is 10.3 Å². The summed E-state index contributed by atoms with van der Waals surface area (Å²) in [6, 6.07) is 18.2. The highest BCUT2D eigenvalue weighted by Crippen LogP contribution is 2.38. The molecule has 3 aromatic rings. The van der Waals surface area contributed by atoms with E-state index in [1.807, 2.05) is 49.8 Å². The average Bonchev–Trinajstić information content (AvgIpc) is 2.81. The number of anilines is 1. The van der Waals surface area contributed by atoms with Gasteiger partial charge in [-0.25, -0.2) is 4.98 Å². The molecule has 0 fully saturated rings. The van der Waals surface area contributed by atoms with E-state index >= 15 is 0 Å². The topological polar surface area (TPSA) is 42.0 Å². The molecule has 0 saturated heterocycles. The maximum Gasteiger partial charge on any atom is 0.242 e. The highest BCUT2D eigenvalue weighted by molar-refractivity contribution is 8.00. The number of amides is 1. The first-order valence-electron chi connectivity index (χ1n) is 10.7. The molecule has 0 aliphatic carbocycles. The third kappa shape index (κ3) is 6.95. The quantitative estimate of drug-likeness (QED) is 0.290. The molecule has 1 N–H and O–H groups in total. The first-order valence-corrected chi connectivity index (χ1v) is 14.6. The van der Waals surface area contributed by atoms with Crippen LogP contribution in [0.5, 0.6) is 0 Å². The summed E-state index contributed by atoms with van der Waals surface area (Å²) >= 11 is 10.8. The fourth-order valence-corrected chi connectivity index (χ4v) is 5.91. The predicted octanol–water partition coefficient (Wildman–Crippen LogP) is 8.22. The van der Waals surface area contributed by atoms with E-state index in [0.29, 0.717) is 16.7 Å². The highest BCUT2D eigenvalue weighted by Gasteiger charge is 2.24. The van der Waals surface area contributed by atoms with Gasteiger partial charge in [0, 0.05) is 21.4 Å². The minimum absolute atomic E-state index is 0.0393. The van der Waals surface area contributed by atoms with Crippen molar-refractivity contribution < 1.29 is 4.79 Å². The van der Waals surface area contributed by atoms with Crippen molar-refractivity contribution >= 4 is 58.5 Å². The minimum atomic E-state index is -0.354. The van der Waals surface area contributed by atoms with Crippen LogP contribution in [0.25, 0.3) is 0 Å². The lowest BCUT2D eigenvalue weighted by atomic mass is 10.0. The number of thioether (sulfide) groups is 3. The fraction of sp³-hybridized carbons (Fsp3) is 0.308. The second-order valence-corrected chi connectivity index (χ2v) is 11.2. The second kappa shape index (κ2) is 12.2. The summed E-state index contributed by atoms with van der Waals surface area (Å²) in [7, 11) is 0. The van der Waals surface area contributed by atoms with Gasteiger partial charge in [-0.05, 0) is 60.2 Å². The van der Waals surface area contributed by atoms with Crippen LogP contribution < -0.4 is 5.32 Å². The molecule has 0 aliphatic rings. The summed E-state index contributed by atoms with van der Waals surface area (Å²) in [5, 5.41) is 4.40. The van der Waals surface area contributed by atoms with Crippen LogP contribution in [0.1, 0.15) is 47.4 Å². The standard InChI is InChI=1S/C26H29ClN2OS3/c1-16(2)19-8-10-20(11-9-19)24(33-15-18-6-12-21(27)13-7-18)25(30)29-23-22(31-4)14-17(3)28-26(23)32-5/h6-14,16,24H,15H2,1-5H3,(H,29,30). The molecule has 1 atom stereocenters. The van der Waals surface area contributed by atoms with E-state index in [1.165, 1.54) is 5.56 Å². The Bertz CT molecular complexity index is 1060. The number of rotatable bonds is 9. The predicted molar refractivity (Wildman–Crippen MR) is 147 cm³/mol. The number of aromatic nitrogens is 1. The SMILES string of the molecule is CSc1cc(C)nc(SC)c1NC(=O)C(SCc1ccc(Cl)cc1)c1ccc(C(C)C)cc1. The molecule has 0 radical (unpaired) electrons. The lowest BCUT2D eigenvalue weighted by Gasteiger charge is -2.20. The van der Waals surface area contributed by atoms with Crippen molar-refractivity contribution in [1.82, 2.24) is 4.98 Å². The molecule has 3 nitrogen and oxygen atoms in total. The first-order chi connectivity index (χ1) is 15.8. The largest absolute Gasteiger partial charge is 0.322 e. The molecule has 0 spiro atoms. The third-order valence-corrected chi connectivity index (χ3v) is 8.23. The second-order valence-electron chi connectivity index (χ2n) is 7.98. The first kappa shape index (κ1) is 26.0. The van der Waals surface area contributed by atoms with Crippen molar-refractivity contribution in [2.45, 2.75) is 47.6 Å². The Morgan fingerprint density at radius 1 is 1.00 bits per heavy atom. The number of carbonyl (C=O) groups excluding carboxylic acids is 1. The number of benzene rings is 2. The summed E-state index contributed by atoms with van der Waals surface area (Å²) in [6.07, 6.45) is 4.00. The van der Waals surface area contributed by atoms with Gasteiger partial charge in [0.05, 0.1) is 5.69 Å². The summed E-state index contributed by atoms with van der Waals surface area (Å²) in [4.78, 5) is 19.3. The Morgan fingerprint density at radius 3 is 2.21 bits per heavy atom. The Balaban J connectivity index is 1.91. The Kier molecular flexibility index (Phi) is 9.62. The van der Waals surface area contributed by atoms with Crippen molar-refractivity contribution in [3.8, 4) is 0 Å². The van der Waals surface area contributed by atoms with Gasteiger partial charge in [-0.15, -0.1) is 35.3 Å². The lowest BCUT2D eigenvalue weighted by Crippen LogP contribution is -2.20. The van der Waals surface area contributed by atoms with Crippen LogP contribution >= 0.6 is 46.9 Å². The molecule has 33 heavy (non-hydrogen) atoms. The molecule has 1 amide bonds. The van der Waals surface area contributed by atoms with Crippen LogP contribution in [0.3, 0.4) is 0 Å². The fourth-order valence-electron chi connectivity index (χ4n) is 3.37. The van der Waals surface area contributed by atoms with Gasteiger partial charge in [-0.3, -0.25) is 4.79 Å². The zero-order valence-electron chi connectivity index (χ0n) is 19.5. The van der Waals surface area contributed by atoms with Crippen LogP contribution in [0.15, 0.2) is 64.5 Å². The van der Waals surface area contributed by atoms with Gasteiger partial charge < -0.3 is 5.32 Å². The lowest BCUT2D eigenvalue weighted by molar-refractivity contribution is -0.115. The number of hydrogen-bond donors (Lipinski definition) is 1. The molecular weight excluding hydrogens is 488 g/mol. The molecular formula is C26H29ClN2OS3. The maximum absolute atomic E-state index is 13.6. The Morgan fingerprint density at radius 2 is 1.64 bits per heavy atom. The monoisotopic (exact) mass is 516 g/mol. The van der Waals surface area contributed by atoms with E-state index in [9.17, 15) is 4.79 Å². The zero-order chi connectivity index (χ0) is 24.0. The number of pyridine rings is 1. The molecule has 0 saturated carbocycles. The van der Waals surface area contributed by atoms with Crippen molar-refractivity contribution in [3.63, 3.8) is 0 Å². The summed E-state index contributed by atoms with van der Waals surface area (Å²) in [5.74, 6) is 1.11.